The van der Waals surface area contributed by atoms with Gasteiger partial charge in [0.05, 0.1) is 0 Å². The second-order valence-electron chi connectivity index (χ2n) is 3.73. The summed E-state index contributed by atoms with van der Waals surface area (Å²) >= 11 is 0. The largest absolute Gasteiger partial charge is 0.290 e. The summed E-state index contributed by atoms with van der Waals surface area (Å²) < 4.78 is 0. The Bertz CT molecular complexity index is 399. The molecule has 0 amide bonds. The molecule has 0 aliphatic heterocycles. The second-order valence-corrected chi connectivity index (χ2v) is 3.73. The Hall–Kier alpha value is -1.63. The van der Waals surface area contributed by atoms with E-state index in [2.05, 4.69) is 6.08 Å². The summed E-state index contributed by atoms with van der Waals surface area (Å²) in [6.45, 7) is 0. The number of carbonyl (C=O) groups is 1. The van der Waals surface area contributed by atoms with Crippen molar-refractivity contribution in [2.45, 2.75) is 19.3 Å². The van der Waals surface area contributed by atoms with E-state index < -0.39 is 0 Å². The third-order valence-electron chi connectivity index (χ3n) is 2.58. The zero-order valence-corrected chi connectivity index (χ0v) is 8.65. The molecule has 0 saturated heterocycles. The fourth-order valence-electron chi connectivity index (χ4n) is 1.74. The molecule has 0 spiro atoms. The Labute approximate surface area is 90.1 Å². The summed E-state index contributed by atoms with van der Waals surface area (Å²) in [5.41, 5.74) is 2.05. The lowest BCUT2D eigenvalue weighted by Gasteiger charge is -1.94. The Morgan fingerprint density at radius 2 is 2.00 bits per heavy atom. The van der Waals surface area contributed by atoms with E-state index in [-0.39, 0.29) is 5.78 Å². The van der Waals surface area contributed by atoms with Crippen LogP contribution in [0.1, 0.15) is 24.8 Å². The highest BCUT2D eigenvalue weighted by Gasteiger charge is 2.09. The van der Waals surface area contributed by atoms with Crippen LogP contribution in [0.4, 0.5) is 0 Å². The molecule has 1 aromatic rings. The molecule has 1 aliphatic carbocycles. The highest BCUT2D eigenvalue weighted by molar-refractivity contribution is 6.06. The minimum atomic E-state index is 0.163. The van der Waals surface area contributed by atoms with Gasteiger partial charge in [0.1, 0.15) is 0 Å². The van der Waals surface area contributed by atoms with E-state index >= 15 is 0 Å². The van der Waals surface area contributed by atoms with E-state index in [0.717, 1.165) is 30.4 Å². The van der Waals surface area contributed by atoms with Gasteiger partial charge in [-0.3, -0.25) is 4.79 Å². The van der Waals surface area contributed by atoms with Crippen LogP contribution < -0.4 is 0 Å². The fraction of sp³-hybridized carbons (Fsp3) is 0.214. The molecule has 0 heterocycles. The minimum absolute atomic E-state index is 0.163. The van der Waals surface area contributed by atoms with E-state index in [4.69, 9.17) is 0 Å². The first kappa shape index (κ1) is 9.91. The molecule has 15 heavy (non-hydrogen) atoms. The Kier molecular flexibility index (Phi) is 3.13. The Balaban J connectivity index is 2.03. The van der Waals surface area contributed by atoms with Gasteiger partial charge in [-0.15, -0.1) is 0 Å². The van der Waals surface area contributed by atoms with Crippen LogP contribution in [0.15, 0.2) is 48.1 Å². The molecule has 0 bridgehead atoms. The van der Waals surface area contributed by atoms with Crippen molar-refractivity contribution in [3.63, 3.8) is 0 Å². The lowest BCUT2D eigenvalue weighted by atomic mass is 10.1. The van der Waals surface area contributed by atoms with Gasteiger partial charge in [0.15, 0.2) is 5.78 Å². The van der Waals surface area contributed by atoms with E-state index in [0.29, 0.717) is 0 Å². The summed E-state index contributed by atoms with van der Waals surface area (Å²) in [5, 5.41) is 0. The topological polar surface area (TPSA) is 17.1 Å². The van der Waals surface area contributed by atoms with Gasteiger partial charge in [0, 0.05) is 0 Å². The molecule has 0 fully saturated rings. The maximum Gasteiger partial charge on any atom is 0.181 e. The maximum atomic E-state index is 11.7. The lowest BCUT2D eigenvalue weighted by molar-refractivity contribution is -0.111. The molecular formula is C14H14O. The molecule has 1 aliphatic rings. The smallest absolute Gasteiger partial charge is 0.181 e. The van der Waals surface area contributed by atoms with Crippen molar-refractivity contribution in [1.29, 1.82) is 0 Å². The normalized spacial score (nSPS) is 15.6. The molecule has 1 heteroatoms. The first-order valence-electron chi connectivity index (χ1n) is 5.33. The number of benzene rings is 1. The Morgan fingerprint density at radius 3 is 2.67 bits per heavy atom. The first-order valence-corrected chi connectivity index (χ1v) is 5.33. The standard InChI is InChI=1S/C14H14O/c15-14(13-8-4-5-9-13)11-10-12-6-2-1-3-7-12/h1-3,6-8,10-11H,4-5,9H2/b11-10+. The molecule has 2 rings (SSSR count). The van der Waals surface area contributed by atoms with Crippen LogP contribution in [-0.2, 0) is 4.79 Å². The Morgan fingerprint density at radius 1 is 1.20 bits per heavy atom. The quantitative estimate of drug-likeness (QED) is 0.680. The molecule has 0 unspecified atom stereocenters. The first-order chi connectivity index (χ1) is 7.36. The molecule has 0 saturated carbocycles. The SMILES string of the molecule is O=C(/C=C/c1ccccc1)C1=CCCC1. The van der Waals surface area contributed by atoms with Gasteiger partial charge in [-0.25, -0.2) is 0 Å². The van der Waals surface area contributed by atoms with Gasteiger partial charge in [0.25, 0.3) is 0 Å². The molecule has 1 nitrogen and oxygen atoms in total. The maximum absolute atomic E-state index is 11.7. The van der Waals surface area contributed by atoms with Crippen molar-refractivity contribution < 1.29 is 4.79 Å². The summed E-state index contributed by atoms with van der Waals surface area (Å²) in [5.74, 6) is 0.163. The molecule has 0 N–H and O–H groups in total. The summed E-state index contributed by atoms with van der Waals surface area (Å²) in [6.07, 6.45) is 8.73. The lowest BCUT2D eigenvalue weighted by Crippen LogP contribution is -1.94. The van der Waals surface area contributed by atoms with Gasteiger partial charge in [0.2, 0.25) is 0 Å². The van der Waals surface area contributed by atoms with Crippen LogP contribution in [0.2, 0.25) is 0 Å². The van der Waals surface area contributed by atoms with Crippen LogP contribution in [0.5, 0.6) is 0 Å². The van der Waals surface area contributed by atoms with Crippen LogP contribution in [0, 0.1) is 0 Å². The van der Waals surface area contributed by atoms with Gasteiger partial charge < -0.3 is 0 Å². The van der Waals surface area contributed by atoms with Crippen molar-refractivity contribution in [3.05, 3.63) is 53.6 Å². The van der Waals surface area contributed by atoms with E-state index in [1.165, 1.54) is 0 Å². The van der Waals surface area contributed by atoms with Crippen molar-refractivity contribution >= 4 is 11.9 Å². The van der Waals surface area contributed by atoms with Crippen molar-refractivity contribution in [1.82, 2.24) is 0 Å². The van der Waals surface area contributed by atoms with Crippen LogP contribution in [0.3, 0.4) is 0 Å². The molecule has 76 valence electrons. The predicted molar refractivity (Wildman–Crippen MR) is 62.4 cm³/mol. The second kappa shape index (κ2) is 4.74. The molecule has 0 radical (unpaired) electrons. The zero-order chi connectivity index (χ0) is 10.5. The van der Waals surface area contributed by atoms with Gasteiger partial charge in [-0.05, 0) is 36.5 Å². The number of ketones is 1. The van der Waals surface area contributed by atoms with Crippen molar-refractivity contribution in [2.75, 3.05) is 0 Å². The van der Waals surface area contributed by atoms with Crippen LogP contribution in [-0.4, -0.2) is 5.78 Å². The molecule has 0 aromatic heterocycles. The number of carbonyl (C=O) groups excluding carboxylic acids is 1. The predicted octanol–water partition coefficient (Wildman–Crippen LogP) is 3.38. The van der Waals surface area contributed by atoms with E-state index in [9.17, 15) is 4.79 Å². The van der Waals surface area contributed by atoms with E-state index in [1.54, 1.807) is 6.08 Å². The van der Waals surface area contributed by atoms with Gasteiger partial charge >= 0.3 is 0 Å². The van der Waals surface area contributed by atoms with Crippen molar-refractivity contribution in [2.24, 2.45) is 0 Å². The summed E-state index contributed by atoms with van der Waals surface area (Å²) in [4.78, 5) is 11.7. The van der Waals surface area contributed by atoms with Crippen molar-refractivity contribution in [3.8, 4) is 0 Å². The molecule has 0 atom stereocenters. The third kappa shape index (κ3) is 2.66. The fourth-order valence-corrected chi connectivity index (χ4v) is 1.74. The average Bonchev–Trinajstić information content (AvgIpc) is 2.81. The summed E-state index contributed by atoms with van der Waals surface area (Å²) in [6, 6.07) is 9.90. The number of hydrogen-bond acceptors (Lipinski definition) is 1. The number of hydrogen-bond donors (Lipinski definition) is 0. The minimum Gasteiger partial charge on any atom is -0.290 e. The average molecular weight is 198 g/mol. The number of allylic oxidation sites excluding steroid dienone is 3. The molecular weight excluding hydrogens is 184 g/mol. The third-order valence-corrected chi connectivity index (χ3v) is 2.58. The zero-order valence-electron chi connectivity index (χ0n) is 8.65. The molecule has 1 aromatic carbocycles. The highest BCUT2D eigenvalue weighted by atomic mass is 16.1. The van der Waals surface area contributed by atoms with Gasteiger partial charge in [-0.1, -0.05) is 42.5 Å². The van der Waals surface area contributed by atoms with Crippen LogP contribution >= 0.6 is 0 Å². The summed E-state index contributed by atoms with van der Waals surface area (Å²) in [7, 11) is 0. The van der Waals surface area contributed by atoms with E-state index in [1.807, 2.05) is 36.4 Å². The monoisotopic (exact) mass is 198 g/mol. The van der Waals surface area contributed by atoms with Crippen LogP contribution in [0.25, 0.3) is 6.08 Å². The van der Waals surface area contributed by atoms with Gasteiger partial charge in [-0.2, -0.15) is 0 Å². The number of rotatable bonds is 3. The highest BCUT2D eigenvalue weighted by Crippen LogP contribution is 2.18.